The number of aromatic nitrogens is 1. The van der Waals surface area contributed by atoms with Crippen molar-refractivity contribution in [3.63, 3.8) is 0 Å². The van der Waals surface area contributed by atoms with Crippen LogP contribution in [0.25, 0.3) is 32.6 Å². The summed E-state index contributed by atoms with van der Waals surface area (Å²) < 4.78 is 0. The van der Waals surface area contributed by atoms with Crippen molar-refractivity contribution in [1.29, 1.82) is 0 Å². The van der Waals surface area contributed by atoms with Crippen molar-refractivity contribution in [2.24, 2.45) is 0 Å². The number of hydrogen-bond acceptors (Lipinski definition) is 2. The van der Waals surface area contributed by atoms with Crippen LogP contribution in [0.15, 0.2) is 60.7 Å². The molecule has 0 spiro atoms. The van der Waals surface area contributed by atoms with Crippen LogP contribution < -0.4 is 0 Å². The highest BCUT2D eigenvalue weighted by Crippen LogP contribution is 2.30. The van der Waals surface area contributed by atoms with Gasteiger partial charge >= 0.3 is 5.97 Å². The van der Waals surface area contributed by atoms with Gasteiger partial charge in [0.15, 0.2) is 0 Å². The number of aromatic carboxylic acids is 1. The molecule has 0 aliphatic carbocycles. The first-order chi connectivity index (χ1) is 10.2. The van der Waals surface area contributed by atoms with E-state index in [1.54, 1.807) is 6.07 Å². The Morgan fingerprint density at radius 3 is 2.33 bits per heavy atom. The number of fused-ring (bicyclic) bond motifs is 4. The van der Waals surface area contributed by atoms with Gasteiger partial charge in [0.05, 0.1) is 16.6 Å². The topological polar surface area (TPSA) is 50.2 Å². The maximum atomic E-state index is 11.5. The van der Waals surface area contributed by atoms with Gasteiger partial charge in [0.1, 0.15) is 0 Å². The van der Waals surface area contributed by atoms with Crippen LogP contribution in [-0.2, 0) is 0 Å². The van der Waals surface area contributed by atoms with Crippen LogP contribution in [0.1, 0.15) is 10.4 Å². The molecule has 3 aromatic carbocycles. The second-order valence-corrected chi connectivity index (χ2v) is 5.02. The lowest BCUT2D eigenvalue weighted by atomic mass is 9.99. The summed E-state index contributed by atoms with van der Waals surface area (Å²) in [7, 11) is 0. The SMILES string of the molecule is O=C(O)c1cc2nc3ccccc3cc2c2ccccc12. The van der Waals surface area contributed by atoms with E-state index in [1.165, 1.54) is 0 Å². The molecule has 0 aliphatic rings. The number of carboxylic acid groups (broad SMARTS) is 1. The third kappa shape index (κ3) is 1.75. The predicted octanol–water partition coefficient (Wildman–Crippen LogP) is 4.24. The van der Waals surface area contributed by atoms with E-state index in [9.17, 15) is 9.90 Å². The van der Waals surface area contributed by atoms with Gasteiger partial charge in [-0.1, -0.05) is 42.5 Å². The van der Waals surface area contributed by atoms with E-state index >= 15 is 0 Å². The third-order valence-electron chi connectivity index (χ3n) is 3.77. The third-order valence-corrected chi connectivity index (χ3v) is 3.77. The number of rotatable bonds is 1. The fraction of sp³-hybridized carbons (Fsp3) is 0. The lowest BCUT2D eigenvalue weighted by molar-refractivity contribution is 0.0699. The number of nitrogens with zero attached hydrogens (tertiary/aromatic N) is 1. The van der Waals surface area contributed by atoms with Crippen LogP contribution in [-0.4, -0.2) is 16.1 Å². The quantitative estimate of drug-likeness (QED) is 0.417. The molecule has 0 aliphatic heterocycles. The molecule has 4 rings (SSSR count). The van der Waals surface area contributed by atoms with Gasteiger partial charge in [-0.15, -0.1) is 0 Å². The molecule has 3 heteroatoms. The summed E-state index contributed by atoms with van der Waals surface area (Å²) in [5.74, 6) is -0.928. The summed E-state index contributed by atoms with van der Waals surface area (Å²) in [6, 6.07) is 19.2. The van der Waals surface area contributed by atoms with Crippen molar-refractivity contribution < 1.29 is 9.90 Å². The fourth-order valence-corrected chi connectivity index (χ4v) is 2.80. The summed E-state index contributed by atoms with van der Waals surface area (Å²) in [6.45, 7) is 0. The monoisotopic (exact) mass is 273 g/mol. The molecule has 21 heavy (non-hydrogen) atoms. The molecule has 4 aromatic rings. The number of para-hydroxylation sites is 1. The van der Waals surface area contributed by atoms with Gasteiger partial charge in [-0.25, -0.2) is 9.78 Å². The second-order valence-electron chi connectivity index (χ2n) is 5.02. The van der Waals surface area contributed by atoms with Crippen molar-refractivity contribution in [3.05, 3.63) is 66.2 Å². The Labute approximate surface area is 120 Å². The van der Waals surface area contributed by atoms with Crippen LogP contribution in [0.2, 0.25) is 0 Å². The highest BCUT2D eigenvalue weighted by atomic mass is 16.4. The zero-order chi connectivity index (χ0) is 14.4. The standard InChI is InChI=1S/C18H11NO2/c20-18(21)15-10-17-14(12-6-2-3-7-13(12)15)9-11-5-1-4-8-16(11)19-17/h1-10H,(H,20,21). The van der Waals surface area contributed by atoms with Gasteiger partial charge in [-0.3, -0.25) is 0 Å². The van der Waals surface area contributed by atoms with Crippen LogP contribution in [0.5, 0.6) is 0 Å². The van der Waals surface area contributed by atoms with Gasteiger partial charge in [0.25, 0.3) is 0 Å². The molecule has 1 N–H and O–H groups in total. The Morgan fingerprint density at radius 1 is 0.810 bits per heavy atom. The van der Waals surface area contributed by atoms with E-state index in [0.29, 0.717) is 11.1 Å². The van der Waals surface area contributed by atoms with E-state index in [0.717, 1.165) is 27.1 Å². The predicted molar refractivity (Wildman–Crippen MR) is 83.7 cm³/mol. The normalized spacial score (nSPS) is 11.2. The van der Waals surface area contributed by atoms with E-state index < -0.39 is 5.97 Å². The molecule has 0 amide bonds. The first kappa shape index (κ1) is 11.9. The Balaban J connectivity index is 2.26. The largest absolute Gasteiger partial charge is 0.478 e. The van der Waals surface area contributed by atoms with Crippen LogP contribution in [0, 0.1) is 0 Å². The van der Waals surface area contributed by atoms with Crippen LogP contribution >= 0.6 is 0 Å². The number of benzene rings is 3. The number of pyridine rings is 1. The average molecular weight is 273 g/mol. The van der Waals surface area contributed by atoms with E-state index in [1.807, 2.05) is 48.5 Å². The van der Waals surface area contributed by atoms with Crippen molar-refractivity contribution in [1.82, 2.24) is 4.98 Å². The molecule has 0 saturated heterocycles. The Morgan fingerprint density at radius 2 is 1.52 bits per heavy atom. The van der Waals surface area contributed by atoms with Gasteiger partial charge in [0.2, 0.25) is 0 Å². The lowest BCUT2D eigenvalue weighted by Crippen LogP contribution is -1.98. The molecule has 100 valence electrons. The second kappa shape index (κ2) is 4.28. The summed E-state index contributed by atoms with van der Waals surface area (Å²) in [4.78, 5) is 16.1. The van der Waals surface area contributed by atoms with Crippen LogP contribution in [0.3, 0.4) is 0 Å². The molecule has 0 bridgehead atoms. The average Bonchev–Trinajstić information content (AvgIpc) is 2.52. The minimum Gasteiger partial charge on any atom is -0.478 e. The summed E-state index contributed by atoms with van der Waals surface area (Å²) in [5, 5.41) is 13.1. The molecule has 1 heterocycles. The first-order valence-corrected chi connectivity index (χ1v) is 6.68. The molecule has 0 unspecified atom stereocenters. The van der Waals surface area contributed by atoms with Crippen molar-refractivity contribution in [2.45, 2.75) is 0 Å². The molecule has 0 fully saturated rings. The molecule has 0 saturated carbocycles. The van der Waals surface area contributed by atoms with Gasteiger partial charge in [0, 0.05) is 10.8 Å². The van der Waals surface area contributed by atoms with Gasteiger partial charge in [-0.2, -0.15) is 0 Å². The van der Waals surface area contributed by atoms with Crippen molar-refractivity contribution in [2.75, 3.05) is 0 Å². The molecule has 0 atom stereocenters. The van der Waals surface area contributed by atoms with Gasteiger partial charge in [-0.05, 0) is 29.0 Å². The smallest absolute Gasteiger partial charge is 0.336 e. The highest BCUT2D eigenvalue weighted by Gasteiger charge is 2.12. The highest BCUT2D eigenvalue weighted by molar-refractivity contribution is 6.16. The number of hydrogen-bond donors (Lipinski definition) is 1. The van der Waals surface area contributed by atoms with Crippen molar-refractivity contribution in [3.8, 4) is 0 Å². The summed E-state index contributed by atoms with van der Waals surface area (Å²) in [6.07, 6.45) is 0. The summed E-state index contributed by atoms with van der Waals surface area (Å²) in [5.41, 5.74) is 1.88. The molecule has 1 aromatic heterocycles. The van der Waals surface area contributed by atoms with Gasteiger partial charge < -0.3 is 5.11 Å². The Kier molecular flexibility index (Phi) is 2.42. The van der Waals surface area contributed by atoms with Crippen molar-refractivity contribution >= 4 is 38.5 Å². The maximum absolute atomic E-state index is 11.5. The zero-order valence-corrected chi connectivity index (χ0v) is 11.1. The minimum absolute atomic E-state index is 0.292. The molecular formula is C18H11NO2. The number of carbonyl (C=O) groups is 1. The van der Waals surface area contributed by atoms with E-state index in [4.69, 9.17) is 0 Å². The summed E-state index contributed by atoms with van der Waals surface area (Å²) >= 11 is 0. The van der Waals surface area contributed by atoms with Crippen LogP contribution in [0.4, 0.5) is 0 Å². The van der Waals surface area contributed by atoms with E-state index in [-0.39, 0.29) is 0 Å². The molecular weight excluding hydrogens is 262 g/mol. The molecule has 3 nitrogen and oxygen atoms in total. The minimum atomic E-state index is -0.928. The zero-order valence-electron chi connectivity index (χ0n) is 11.1. The maximum Gasteiger partial charge on any atom is 0.336 e. The number of carboxylic acids is 1. The van der Waals surface area contributed by atoms with E-state index in [2.05, 4.69) is 11.1 Å². The Bertz CT molecular complexity index is 1020. The lowest BCUT2D eigenvalue weighted by Gasteiger charge is -2.08. The molecule has 0 radical (unpaired) electrons. The Hall–Kier alpha value is -2.94. The first-order valence-electron chi connectivity index (χ1n) is 6.68. The fourth-order valence-electron chi connectivity index (χ4n) is 2.80.